The third-order valence-electron chi connectivity index (χ3n) is 5.64. The molecule has 0 amide bonds. The van der Waals surface area contributed by atoms with Crippen LogP contribution in [0.5, 0.6) is 11.5 Å². The summed E-state index contributed by atoms with van der Waals surface area (Å²) in [6.45, 7) is 4.31. The maximum Gasteiger partial charge on any atom is 4.00 e. The van der Waals surface area contributed by atoms with Crippen molar-refractivity contribution in [3.05, 3.63) is 97.1 Å². The van der Waals surface area contributed by atoms with Gasteiger partial charge in [-0.1, -0.05) is 72.4 Å². The van der Waals surface area contributed by atoms with Crippen LogP contribution in [0.4, 0.5) is 0 Å². The summed E-state index contributed by atoms with van der Waals surface area (Å²) in [5.74, 6) is 1.90. The fraction of sp³-hybridized carbons (Fsp3) is 0.133. The smallest absolute Gasteiger partial charge is 1.00 e. The van der Waals surface area contributed by atoms with Gasteiger partial charge in [-0.2, -0.15) is 0 Å². The molecule has 6 rings (SSSR count). The Morgan fingerprint density at radius 1 is 0.528 bits per heavy atom. The summed E-state index contributed by atoms with van der Waals surface area (Å²) in [5, 5.41) is 10.0. The van der Waals surface area contributed by atoms with E-state index in [1.807, 2.05) is 24.3 Å². The molecule has 0 fully saturated rings. The first kappa shape index (κ1) is 31.9. The van der Waals surface area contributed by atoms with Gasteiger partial charge in [-0.3, -0.25) is 0 Å². The average molecular weight is 611 g/mol. The maximum absolute atomic E-state index is 5.39. The molecule has 0 spiro atoms. The first-order chi connectivity index (χ1) is 16.2. The van der Waals surface area contributed by atoms with Crippen molar-refractivity contribution in [2.75, 3.05) is 14.2 Å². The Morgan fingerprint density at radius 2 is 0.861 bits per heavy atom. The molecule has 0 aliphatic carbocycles. The van der Waals surface area contributed by atoms with Gasteiger partial charge in [0.25, 0.3) is 0 Å². The Balaban J connectivity index is 0.000000302. The number of fused-ring (bicyclic) bond motifs is 6. The van der Waals surface area contributed by atoms with Crippen LogP contribution in [0.25, 0.3) is 43.1 Å². The van der Waals surface area contributed by atoms with E-state index >= 15 is 0 Å². The molecule has 0 saturated heterocycles. The summed E-state index contributed by atoms with van der Waals surface area (Å²) in [6.07, 6.45) is 0. The molecule has 0 N–H and O–H groups in total. The van der Waals surface area contributed by atoms with E-state index in [0.717, 1.165) is 21.0 Å². The van der Waals surface area contributed by atoms with Crippen molar-refractivity contribution >= 4 is 52.6 Å². The van der Waals surface area contributed by atoms with Crippen LogP contribution in [0, 0.1) is 0 Å². The van der Waals surface area contributed by atoms with E-state index in [-0.39, 0.29) is 51.0 Å². The number of halogens is 2. The van der Waals surface area contributed by atoms with Gasteiger partial charge < -0.3 is 34.3 Å². The van der Waals surface area contributed by atoms with E-state index in [0.29, 0.717) is 0 Å². The van der Waals surface area contributed by atoms with Crippen LogP contribution in [-0.4, -0.2) is 23.7 Å². The third kappa shape index (κ3) is 6.61. The standard InChI is InChI=1S/2C14H11O.C2H6Si.2ClH.Zr/c2*1-15-13-8-4-6-11-9-10-5-2-3-7-12(10)14(11)13;1-3-2;;;/h2*2-9H,1H3;1-2H3;2*1H;/q2*-1;;;;+4/p-2. The first-order valence-corrected chi connectivity index (χ1v) is 13.0. The molecule has 0 saturated carbocycles. The molecule has 0 unspecified atom stereocenters. The molecule has 36 heavy (non-hydrogen) atoms. The third-order valence-corrected chi connectivity index (χ3v) is 5.64. The van der Waals surface area contributed by atoms with E-state index in [2.05, 4.69) is 85.9 Å². The summed E-state index contributed by atoms with van der Waals surface area (Å²) < 4.78 is 10.8. The van der Waals surface area contributed by atoms with Crippen molar-refractivity contribution < 1.29 is 60.5 Å². The normalized spacial score (nSPS) is 9.67. The largest absolute Gasteiger partial charge is 4.00 e. The Morgan fingerprint density at radius 3 is 1.22 bits per heavy atom. The van der Waals surface area contributed by atoms with Crippen LogP contribution >= 0.6 is 0 Å². The number of rotatable bonds is 2. The molecule has 2 nitrogen and oxygen atoms in total. The summed E-state index contributed by atoms with van der Waals surface area (Å²) in [7, 11) is 4.52. The molecule has 6 aromatic rings. The number of ether oxygens (including phenoxy) is 2. The minimum Gasteiger partial charge on any atom is -1.00 e. The van der Waals surface area contributed by atoms with Gasteiger partial charge in [-0.25, -0.2) is 0 Å². The summed E-state index contributed by atoms with van der Waals surface area (Å²) in [4.78, 5) is 0. The van der Waals surface area contributed by atoms with Crippen LogP contribution in [0.15, 0.2) is 97.1 Å². The Labute approximate surface area is 247 Å². The fourth-order valence-electron chi connectivity index (χ4n) is 4.29. The van der Waals surface area contributed by atoms with Gasteiger partial charge >= 0.3 is 26.2 Å². The van der Waals surface area contributed by atoms with Gasteiger partial charge in [0.15, 0.2) is 0 Å². The number of hydrogen-bond donors (Lipinski definition) is 0. The molecular weight excluding hydrogens is 583 g/mol. The first-order valence-electron chi connectivity index (χ1n) is 11.0. The summed E-state index contributed by atoms with van der Waals surface area (Å²) in [5.41, 5.74) is 0. The van der Waals surface area contributed by atoms with E-state index in [4.69, 9.17) is 9.47 Å². The molecule has 0 aliphatic rings. The van der Waals surface area contributed by atoms with Crippen molar-refractivity contribution in [2.24, 2.45) is 0 Å². The molecule has 6 heteroatoms. The van der Waals surface area contributed by atoms with Crippen LogP contribution < -0.4 is 34.3 Å². The van der Waals surface area contributed by atoms with E-state index < -0.39 is 0 Å². The quantitative estimate of drug-likeness (QED) is 0.221. The number of benzene rings is 4. The topological polar surface area (TPSA) is 18.5 Å². The SMILES string of the molecule is COc1cccc2[cH-]c3ccccc3c12.COc1cccc2[cH-]c3ccccc3c12.C[Si]C.[Cl-].[Cl-].[Zr+4]. The number of hydrogen-bond acceptors (Lipinski definition) is 2. The zero-order valence-electron chi connectivity index (χ0n) is 20.8. The molecule has 0 aliphatic heterocycles. The van der Waals surface area contributed by atoms with Crippen LogP contribution in [0.3, 0.4) is 0 Å². The minimum atomic E-state index is 0. The van der Waals surface area contributed by atoms with Crippen molar-refractivity contribution in [2.45, 2.75) is 13.1 Å². The van der Waals surface area contributed by atoms with Crippen LogP contribution in [-0.2, 0) is 26.2 Å². The zero-order valence-corrected chi connectivity index (χ0v) is 25.8. The summed E-state index contributed by atoms with van der Waals surface area (Å²) in [6, 6.07) is 33.5. The Hall–Kier alpha value is -2.10. The second kappa shape index (κ2) is 15.2. The fourth-order valence-corrected chi connectivity index (χ4v) is 4.29. The Bertz CT molecular complexity index is 1390. The van der Waals surface area contributed by atoms with Crippen LogP contribution in [0.1, 0.15) is 0 Å². The maximum atomic E-state index is 5.39. The monoisotopic (exact) mass is 608 g/mol. The predicted octanol–water partition coefficient (Wildman–Crippen LogP) is 2.23. The zero-order chi connectivity index (χ0) is 23.2. The van der Waals surface area contributed by atoms with Crippen molar-refractivity contribution in [3.8, 4) is 11.5 Å². The van der Waals surface area contributed by atoms with Gasteiger partial charge in [0.05, 0.1) is 25.7 Å². The molecule has 0 aromatic heterocycles. The molecule has 182 valence electrons. The number of methoxy groups -OCH3 is 2. The van der Waals surface area contributed by atoms with Gasteiger partial charge in [0.1, 0.15) is 0 Å². The second-order valence-corrected chi connectivity index (χ2v) is 8.81. The van der Waals surface area contributed by atoms with Gasteiger partial charge in [0, 0.05) is 9.52 Å². The Kier molecular flexibility index (Phi) is 13.5. The van der Waals surface area contributed by atoms with Gasteiger partial charge in [0.2, 0.25) is 0 Å². The van der Waals surface area contributed by atoms with Crippen molar-refractivity contribution in [1.82, 2.24) is 0 Å². The van der Waals surface area contributed by atoms with E-state index in [1.165, 1.54) is 43.1 Å². The molecule has 2 radical (unpaired) electrons. The van der Waals surface area contributed by atoms with Crippen molar-refractivity contribution in [1.29, 1.82) is 0 Å². The minimum absolute atomic E-state index is 0. The van der Waals surface area contributed by atoms with Gasteiger partial charge in [-0.15, -0.1) is 68.7 Å². The van der Waals surface area contributed by atoms with E-state index in [1.54, 1.807) is 14.2 Å². The molecular formula is C30H28Cl2O2SiZr. The predicted molar refractivity (Wildman–Crippen MR) is 145 cm³/mol. The van der Waals surface area contributed by atoms with Gasteiger partial charge in [-0.05, 0) is 12.1 Å². The molecule has 0 heterocycles. The molecule has 0 atom stereocenters. The summed E-state index contributed by atoms with van der Waals surface area (Å²) >= 11 is 0. The van der Waals surface area contributed by atoms with Crippen molar-refractivity contribution in [3.63, 3.8) is 0 Å². The average Bonchev–Trinajstić information content (AvgIpc) is 3.43. The molecule has 0 bridgehead atoms. The second-order valence-electron chi connectivity index (χ2n) is 7.81. The van der Waals surface area contributed by atoms with E-state index in [9.17, 15) is 0 Å². The molecule has 6 aromatic carbocycles. The van der Waals surface area contributed by atoms with Crippen LogP contribution in [0.2, 0.25) is 13.1 Å².